The van der Waals surface area contributed by atoms with E-state index in [2.05, 4.69) is 42.8 Å². The van der Waals surface area contributed by atoms with E-state index in [4.69, 9.17) is 0 Å². The zero-order chi connectivity index (χ0) is 17.8. The molecule has 1 aromatic carbocycles. The lowest BCUT2D eigenvalue weighted by atomic mass is 10.2. The van der Waals surface area contributed by atoms with E-state index in [1.54, 1.807) is 15.9 Å². The van der Waals surface area contributed by atoms with Gasteiger partial charge in [-0.15, -0.1) is 11.3 Å². The SMILES string of the molecule is Cc1cc(NCCNCc2cnc(-c3ccccc3)s2)n2ncnc2n1. The van der Waals surface area contributed by atoms with E-state index in [1.807, 2.05) is 37.4 Å². The number of rotatable bonds is 7. The molecule has 0 bridgehead atoms. The average Bonchev–Trinajstić information content (AvgIpc) is 3.31. The second kappa shape index (κ2) is 7.59. The number of nitrogens with zero attached hydrogens (tertiary/aromatic N) is 5. The Morgan fingerprint density at radius 2 is 2.00 bits per heavy atom. The number of fused-ring (bicyclic) bond motifs is 1. The van der Waals surface area contributed by atoms with E-state index in [9.17, 15) is 0 Å². The van der Waals surface area contributed by atoms with Gasteiger partial charge in [-0.3, -0.25) is 0 Å². The van der Waals surface area contributed by atoms with Crippen LogP contribution >= 0.6 is 11.3 Å². The first kappa shape index (κ1) is 16.6. The van der Waals surface area contributed by atoms with E-state index in [0.717, 1.165) is 41.7 Å². The summed E-state index contributed by atoms with van der Waals surface area (Å²) in [6, 6.07) is 12.2. The van der Waals surface area contributed by atoms with Gasteiger partial charge in [-0.2, -0.15) is 14.6 Å². The van der Waals surface area contributed by atoms with Gasteiger partial charge in [0, 0.05) is 48.0 Å². The van der Waals surface area contributed by atoms with Gasteiger partial charge in [-0.1, -0.05) is 30.3 Å². The molecule has 3 heterocycles. The number of anilines is 1. The van der Waals surface area contributed by atoms with Crippen LogP contribution in [0.5, 0.6) is 0 Å². The third-order valence-electron chi connectivity index (χ3n) is 3.86. The summed E-state index contributed by atoms with van der Waals surface area (Å²) in [6.45, 7) is 4.37. The lowest BCUT2D eigenvalue weighted by Crippen LogP contribution is -2.22. The summed E-state index contributed by atoms with van der Waals surface area (Å²) < 4.78 is 1.71. The molecule has 0 spiro atoms. The van der Waals surface area contributed by atoms with Crippen molar-refractivity contribution in [2.45, 2.75) is 13.5 Å². The van der Waals surface area contributed by atoms with Crippen LogP contribution in [0.1, 0.15) is 10.6 Å². The van der Waals surface area contributed by atoms with Crippen LogP contribution in [-0.2, 0) is 6.54 Å². The van der Waals surface area contributed by atoms with Crippen LogP contribution in [-0.4, -0.2) is 37.7 Å². The van der Waals surface area contributed by atoms with E-state index >= 15 is 0 Å². The third kappa shape index (κ3) is 3.71. The molecular weight excluding hydrogens is 346 g/mol. The van der Waals surface area contributed by atoms with Crippen LogP contribution in [0.4, 0.5) is 5.82 Å². The van der Waals surface area contributed by atoms with Crippen molar-refractivity contribution in [2.24, 2.45) is 0 Å². The molecule has 0 saturated carbocycles. The largest absolute Gasteiger partial charge is 0.369 e. The molecule has 0 unspecified atom stereocenters. The van der Waals surface area contributed by atoms with Gasteiger partial charge < -0.3 is 10.6 Å². The molecule has 4 rings (SSSR count). The fourth-order valence-electron chi connectivity index (χ4n) is 2.65. The first-order valence-corrected chi connectivity index (χ1v) is 9.23. The first-order valence-electron chi connectivity index (χ1n) is 8.42. The molecule has 0 saturated heterocycles. The Morgan fingerprint density at radius 1 is 1.12 bits per heavy atom. The van der Waals surface area contributed by atoms with Gasteiger partial charge in [0.25, 0.3) is 5.78 Å². The summed E-state index contributed by atoms with van der Waals surface area (Å²) >= 11 is 1.72. The molecule has 7 nitrogen and oxygen atoms in total. The Kier molecular flexibility index (Phi) is 4.85. The van der Waals surface area contributed by atoms with Gasteiger partial charge in [0.2, 0.25) is 0 Å². The second-order valence-electron chi connectivity index (χ2n) is 5.86. The number of nitrogens with one attached hydrogen (secondary N) is 2. The van der Waals surface area contributed by atoms with Crippen LogP contribution in [0.25, 0.3) is 16.3 Å². The number of aromatic nitrogens is 5. The highest BCUT2D eigenvalue weighted by atomic mass is 32.1. The zero-order valence-electron chi connectivity index (χ0n) is 14.4. The highest BCUT2D eigenvalue weighted by molar-refractivity contribution is 7.15. The molecule has 132 valence electrons. The Morgan fingerprint density at radius 3 is 2.88 bits per heavy atom. The molecule has 8 heteroatoms. The Hall–Kier alpha value is -2.84. The molecule has 2 N–H and O–H groups in total. The van der Waals surface area contributed by atoms with Crippen molar-refractivity contribution in [3.63, 3.8) is 0 Å². The van der Waals surface area contributed by atoms with E-state index in [0.29, 0.717) is 5.78 Å². The maximum atomic E-state index is 4.51. The smallest absolute Gasteiger partial charge is 0.254 e. The summed E-state index contributed by atoms with van der Waals surface area (Å²) in [5, 5.41) is 12.1. The number of thiazole rings is 1. The molecule has 0 fully saturated rings. The van der Waals surface area contributed by atoms with Crippen molar-refractivity contribution in [1.29, 1.82) is 0 Å². The van der Waals surface area contributed by atoms with Crippen molar-refractivity contribution in [2.75, 3.05) is 18.4 Å². The second-order valence-corrected chi connectivity index (χ2v) is 6.97. The van der Waals surface area contributed by atoms with Gasteiger partial charge in [0.1, 0.15) is 17.2 Å². The summed E-state index contributed by atoms with van der Waals surface area (Å²) in [7, 11) is 0. The Labute approximate surface area is 155 Å². The zero-order valence-corrected chi connectivity index (χ0v) is 15.2. The summed E-state index contributed by atoms with van der Waals surface area (Å²) in [6.07, 6.45) is 3.46. The molecule has 0 aliphatic heterocycles. The van der Waals surface area contributed by atoms with Gasteiger partial charge in [0.05, 0.1) is 0 Å². The molecule has 4 aromatic rings. The number of aryl methyl sites for hydroxylation is 1. The van der Waals surface area contributed by atoms with Gasteiger partial charge in [0.15, 0.2) is 0 Å². The quantitative estimate of drug-likeness (QED) is 0.490. The minimum Gasteiger partial charge on any atom is -0.369 e. The topological polar surface area (TPSA) is 80.0 Å². The van der Waals surface area contributed by atoms with E-state index < -0.39 is 0 Å². The summed E-state index contributed by atoms with van der Waals surface area (Å²) in [5.74, 6) is 1.51. The molecule has 3 aromatic heterocycles. The third-order valence-corrected chi connectivity index (χ3v) is 4.91. The summed E-state index contributed by atoms with van der Waals surface area (Å²) in [5.41, 5.74) is 2.08. The summed E-state index contributed by atoms with van der Waals surface area (Å²) in [4.78, 5) is 14.2. The maximum Gasteiger partial charge on any atom is 0.254 e. The normalized spacial score (nSPS) is 11.1. The fourth-order valence-corrected chi connectivity index (χ4v) is 3.54. The molecule has 0 aliphatic rings. The molecule has 0 radical (unpaired) electrons. The predicted octanol–water partition coefficient (Wildman–Crippen LogP) is 2.76. The van der Waals surface area contributed by atoms with Crippen LogP contribution in [0, 0.1) is 6.92 Å². The lowest BCUT2D eigenvalue weighted by molar-refractivity contribution is 0.710. The Bertz CT molecular complexity index is 993. The predicted molar refractivity (Wildman–Crippen MR) is 103 cm³/mol. The van der Waals surface area contributed by atoms with Crippen molar-refractivity contribution < 1.29 is 0 Å². The van der Waals surface area contributed by atoms with Crippen molar-refractivity contribution in [1.82, 2.24) is 29.9 Å². The maximum absolute atomic E-state index is 4.51. The number of hydrogen-bond donors (Lipinski definition) is 2. The van der Waals surface area contributed by atoms with Crippen LogP contribution < -0.4 is 10.6 Å². The fraction of sp³-hybridized carbons (Fsp3) is 0.222. The molecular formula is C18H19N7S. The average molecular weight is 365 g/mol. The standard InChI is InChI=1S/C18H19N7S/c1-13-9-16(25-18(24-13)22-12-23-25)20-8-7-19-10-15-11-21-17(26-15)14-5-3-2-4-6-14/h2-6,9,11-12,19-20H,7-8,10H2,1H3. The van der Waals surface area contributed by atoms with Gasteiger partial charge >= 0.3 is 0 Å². The number of hydrogen-bond acceptors (Lipinski definition) is 7. The van der Waals surface area contributed by atoms with Gasteiger partial charge in [-0.05, 0) is 6.92 Å². The van der Waals surface area contributed by atoms with Crippen LogP contribution in [0.3, 0.4) is 0 Å². The highest BCUT2D eigenvalue weighted by Crippen LogP contribution is 2.24. The van der Waals surface area contributed by atoms with Gasteiger partial charge in [-0.25, -0.2) is 9.97 Å². The van der Waals surface area contributed by atoms with E-state index in [-0.39, 0.29) is 0 Å². The minimum atomic E-state index is 0.610. The minimum absolute atomic E-state index is 0.610. The van der Waals surface area contributed by atoms with Crippen molar-refractivity contribution in [3.8, 4) is 10.6 Å². The molecule has 0 atom stereocenters. The van der Waals surface area contributed by atoms with E-state index in [1.165, 1.54) is 11.2 Å². The lowest BCUT2D eigenvalue weighted by Gasteiger charge is -2.09. The monoisotopic (exact) mass is 365 g/mol. The molecule has 0 amide bonds. The van der Waals surface area contributed by atoms with Crippen LogP contribution in [0.15, 0.2) is 48.9 Å². The van der Waals surface area contributed by atoms with Crippen molar-refractivity contribution in [3.05, 3.63) is 59.5 Å². The van der Waals surface area contributed by atoms with Crippen molar-refractivity contribution >= 4 is 22.9 Å². The molecule has 26 heavy (non-hydrogen) atoms. The molecule has 0 aliphatic carbocycles. The Balaban J connectivity index is 1.28. The number of benzene rings is 1. The highest BCUT2D eigenvalue weighted by Gasteiger charge is 2.06. The van der Waals surface area contributed by atoms with Crippen LogP contribution in [0.2, 0.25) is 0 Å². The first-order chi connectivity index (χ1) is 12.8.